The molecule has 1 saturated carbocycles. The fourth-order valence-electron chi connectivity index (χ4n) is 7.86. The van der Waals surface area contributed by atoms with Crippen LogP contribution in [0, 0.1) is 0 Å². The van der Waals surface area contributed by atoms with Gasteiger partial charge in [-0.15, -0.1) is 10.2 Å². The van der Waals surface area contributed by atoms with E-state index >= 15 is 0 Å². The van der Waals surface area contributed by atoms with Crippen LogP contribution in [0.2, 0.25) is 5.02 Å². The average molecular weight is 811 g/mol. The van der Waals surface area contributed by atoms with Gasteiger partial charge in [0.2, 0.25) is 5.95 Å². The SMILES string of the molecule is COCCOCCOCCOCCCOc1nn([C@H]2CC[C@H](N3[C@@H]4CC[C@H]3COC4)CC2)cc1Nc1ncc(-c2ccc(Cl)c(O[C@@H](C)Cn3cnnn3)c2)cn1. The minimum Gasteiger partial charge on any atom is -0.487 e. The number of hydrogen-bond acceptors (Lipinski definition) is 15. The number of methoxy groups -OCH3 is 1. The number of benzene rings is 1. The number of hydrogen-bond donors (Lipinski definition) is 1. The van der Waals surface area contributed by atoms with Crippen LogP contribution in [0.15, 0.2) is 43.1 Å². The van der Waals surface area contributed by atoms with Crippen molar-refractivity contribution in [1.82, 2.24) is 44.9 Å². The molecule has 310 valence electrons. The number of halogens is 1. The maximum absolute atomic E-state index is 6.50. The molecule has 5 heterocycles. The normalized spacial score (nSPS) is 21.5. The molecule has 3 atom stereocenters. The van der Waals surface area contributed by atoms with Crippen LogP contribution in [-0.4, -0.2) is 142 Å². The molecule has 3 fully saturated rings. The third kappa shape index (κ3) is 11.6. The van der Waals surface area contributed by atoms with Crippen LogP contribution in [0.3, 0.4) is 0 Å². The summed E-state index contributed by atoms with van der Waals surface area (Å²) in [6, 6.07) is 7.66. The predicted molar refractivity (Wildman–Crippen MR) is 211 cm³/mol. The molecule has 0 radical (unpaired) electrons. The van der Waals surface area contributed by atoms with Crippen molar-refractivity contribution in [3.05, 3.63) is 48.1 Å². The number of nitrogens with zero attached hydrogens (tertiary/aromatic N) is 9. The Bertz CT molecular complexity index is 1760. The molecule has 1 aliphatic carbocycles. The molecule has 3 aromatic heterocycles. The molecule has 4 aromatic rings. The first-order valence-corrected chi connectivity index (χ1v) is 20.5. The Morgan fingerprint density at radius 2 is 1.53 bits per heavy atom. The van der Waals surface area contributed by atoms with E-state index in [1.807, 2.05) is 25.3 Å². The molecule has 0 unspecified atom stereocenters. The van der Waals surface area contributed by atoms with Crippen molar-refractivity contribution in [2.24, 2.45) is 0 Å². The minimum absolute atomic E-state index is 0.217. The van der Waals surface area contributed by atoms with E-state index in [-0.39, 0.29) is 12.1 Å². The first kappa shape index (κ1) is 41.2. The number of ether oxygens (including phenoxy) is 7. The zero-order valence-corrected chi connectivity index (χ0v) is 33.7. The Labute approximate surface area is 338 Å². The molecule has 1 N–H and O–H groups in total. The van der Waals surface area contributed by atoms with Gasteiger partial charge in [0.05, 0.1) is 83.3 Å². The fraction of sp³-hybridized carbons (Fsp3) is 0.641. The zero-order chi connectivity index (χ0) is 39.2. The van der Waals surface area contributed by atoms with Crippen LogP contribution in [-0.2, 0) is 30.2 Å². The Morgan fingerprint density at radius 3 is 2.23 bits per heavy atom. The highest BCUT2D eigenvalue weighted by molar-refractivity contribution is 6.32. The van der Waals surface area contributed by atoms with E-state index in [0.717, 1.165) is 55.7 Å². The van der Waals surface area contributed by atoms with Gasteiger partial charge in [-0.1, -0.05) is 17.7 Å². The van der Waals surface area contributed by atoms with Crippen LogP contribution < -0.4 is 14.8 Å². The molecule has 17 nitrogen and oxygen atoms in total. The molecule has 57 heavy (non-hydrogen) atoms. The van der Waals surface area contributed by atoms with E-state index in [2.05, 4.69) is 40.4 Å². The lowest BCUT2D eigenvalue weighted by molar-refractivity contribution is -0.0458. The molecular formula is C39H55ClN10O7. The Balaban J connectivity index is 0.945. The maximum Gasteiger partial charge on any atom is 0.256 e. The van der Waals surface area contributed by atoms with Crippen LogP contribution in [0.25, 0.3) is 11.1 Å². The van der Waals surface area contributed by atoms with E-state index in [0.29, 0.717) is 107 Å². The quantitative estimate of drug-likeness (QED) is 0.0994. The maximum atomic E-state index is 6.50. The van der Waals surface area contributed by atoms with Gasteiger partial charge in [-0.25, -0.2) is 14.6 Å². The number of rotatable bonds is 23. The lowest BCUT2D eigenvalue weighted by Gasteiger charge is -2.43. The van der Waals surface area contributed by atoms with Crippen LogP contribution in [0.1, 0.15) is 57.9 Å². The van der Waals surface area contributed by atoms with Gasteiger partial charge in [0.1, 0.15) is 23.9 Å². The third-order valence-corrected chi connectivity index (χ3v) is 10.9. The lowest BCUT2D eigenvalue weighted by Crippen LogP contribution is -2.52. The lowest BCUT2D eigenvalue weighted by atomic mass is 9.89. The summed E-state index contributed by atoms with van der Waals surface area (Å²) in [5.41, 5.74) is 2.40. The summed E-state index contributed by atoms with van der Waals surface area (Å²) >= 11 is 6.50. The highest BCUT2D eigenvalue weighted by Gasteiger charge is 2.42. The Morgan fingerprint density at radius 1 is 0.842 bits per heavy atom. The van der Waals surface area contributed by atoms with Gasteiger partial charge in [-0.05, 0) is 73.6 Å². The van der Waals surface area contributed by atoms with E-state index in [1.165, 1.54) is 12.8 Å². The molecule has 0 amide bonds. The van der Waals surface area contributed by atoms with Crippen molar-refractivity contribution in [3.8, 4) is 22.8 Å². The van der Waals surface area contributed by atoms with Crippen molar-refractivity contribution in [1.29, 1.82) is 0 Å². The van der Waals surface area contributed by atoms with E-state index in [4.69, 9.17) is 49.9 Å². The van der Waals surface area contributed by atoms with Gasteiger partial charge in [-0.3, -0.25) is 9.58 Å². The van der Waals surface area contributed by atoms with Crippen molar-refractivity contribution in [3.63, 3.8) is 0 Å². The standard InChI is InChI=1S/C39H55ClN10O7/c1-28(23-48-27-43-46-47-48)57-37-20-29(4-11-35(37)40)30-21-41-39(42-22-30)44-36-24-49(31-5-7-32(8-6-31)50-33-9-10-34(50)26-55-25-33)45-38(36)56-13-3-12-52-16-17-54-19-18-53-15-14-51-2/h4,11,20-22,24,27-28,31-34H,3,5-10,12-19,23,25-26H2,1-2H3,(H,41,42,44)/t28-,31-,32-,33-,34+/m0/s1. The van der Waals surface area contributed by atoms with E-state index in [1.54, 1.807) is 36.6 Å². The second-order valence-electron chi connectivity index (χ2n) is 14.7. The molecule has 2 aliphatic heterocycles. The number of tetrazole rings is 1. The second-order valence-corrected chi connectivity index (χ2v) is 15.1. The van der Waals surface area contributed by atoms with Crippen molar-refractivity contribution < 1.29 is 33.2 Å². The topological polar surface area (TPSA) is 167 Å². The Hall–Kier alpha value is -3.97. The van der Waals surface area contributed by atoms with Gasteiger partial charge >= 0.3 is 0 Å². The summed E-state index contributed by atoms with van der Waals surface area (Å²) in [5.74, 6) is 1.50. The molecule has 3 aliphatic rings. The summed E-state index contributed by atoms with van der Waals surface area (Å²) in [5, 5.41) is 20.1. The molecule has 18 heteroatoms. The summed E-state index contributed by atoms with van der Waals surface area (Å²) in [6.07, 6.45) is 14.5. The number of nitrogens with one attached hydrogen (secondary N) is 1. The zero-order valence-electron chi connectivity index (χ0n) is 32.9. The first-order chi connectivity index (χ1) is 28.0. The first-order valence-electron chi connectivity index (χ1n) is 20.1. The minimum atomic E-state index is -0.217. The fourth-order valence-corrected chi connectivity index (χ4v) is 8.02. The molecule has 7 rings (SSSR count). The van der Waals surface area contributed by atoms with E-state index in [9.17, 15) is 0 Å². The van der Waals surface area contributed by atoms with Crippen molar-refractivity contribution >= 4 is 23.2 Å². The van der Waals surface area contributed by atoms with Crippen molar-refractivity contribution in [2.45, 2.75) is 88.7 Å². The average Bonchev–Trinajstić information content (AvgIpc) is 3.95. The number of anilines is 2. The number of aromatic nitrogens is 8. The highest BCUT2D eigenvalue weighted by atomic mass is 35.5. The highest BCUT2D eigenvalue weighted by Crippen LogP contribution is 2.39. The third-order valence-electron chi connectivity index (χ3n) is 10.6. The summed E-state index contributed by atoms with van der Waals surface area (Å²) < 4.78 is 43.6. The number of morpholine rings is 1. The van der Waals surface area contributed by atoms with Crippen LogP contribution in [0.4, 0.5) is 11.6 Å². The van der Waals surface area contributed by atoms with Gasteiger partial charge in [0.25, 0.3) is 5.88 Å². The largest absolute Gasteiger partial charge is 0.487 e. The second kappa shape index (κ2) is 21.2. The smallest absolute Gasteiger partial charge is 0.256 e. The number of fused-ring (bicyclic) bond motifs is 2. The summed E-state index contributed by atoms with van der Waals surface area (Å²) in [4.78, 5) is 12.1. The van der Waals surface area contributed by atoms with Gasteiger partial charge in [0, 0.05) is 56.2 Å². The van der Waals surface area contributed by atoms with Gasteiger partial charge in [0.15, 0.2) is 0 Å². The summed E-state index contributed by atoms with van der Waals surface area (Å²) in [7, 11) is 1.65. The molecule has 2 bridgehead atoms. The van der Waals surface area contributed by atoms with E-state index < -0.39 is 0 Å². The van der Waals surface area contributed by atoms with Gasteiger partial charge in [-0.2, -0.15) is 0 Å². The van der Waals surface area contributed by atoms with Gasteiger partial charge < -0.3 is 38.5 Å². The monoisotopic (exact) mass is 810 g/mol. The summed E-state index contributed by atoms with van der Waals surface area (Å²) in [6.45, 7) is 8.37. The van der Waals surface area contributed by atoms with Crippen molar-refractivity contribution in [2.75, 3.05) is 78.5 Å². The predicted octanol–water partition coefficient (Wildman–Crippen LogP) is 5.00. The van der Waals surface area contributed by atoms with Crippen LogP contribution in [0.5, 0.6) is 11.6 Å². The molecule has 0 spiro atoms. The molecule has 2 saturated heterocycles. The molecule has 1 aromatic carbocycles. The van der Waals surface area contributed by atoms with Crippen LogP contribution >= 0.6 is 11.6 Å². The Kier molecular flexibility index (Phi) is 15.3. The molecular weight excluding hydrogens is 756 g/mol.